The van der Waals surface area contributed by atoms with Crippen molar-refractivity contribution in [2.24, 2.45) is 5.41 Å². The van der Waals surface area contributed by atoms with Gasteiger partial charge in [0.2, 0.25) is 0 Å². The maximum absolute atomic E-state index is 12.4. The molecule has 128 valence electrons. The standard InChI is InChI=1S/C19H23ClN2O2/c20-15-5-1-4-14-16(23)10-13(21-18(14)15)11-22-9-3-8-19(12-22)7-2-6-17(19)24/h1,4-5,10,17,24H,2-3,6-9,11-12H2,(H,21,23)/t17-,19+/m1/s1. The normalized spacial score (nSPS) is 28.0. The zero-order valence-corrected chi connectivity index (χ0v) is 14.5. The number of para-hydroxylation sites is 1. The number of aliphatic hydroxyl groups is 1. The molecule has 0 unspecified atom stereocenters. The monoisotopic (exact) mass is 346 g/mol. The minimum absolute atomic E-state index is 0.00822. The lowest BCUT2D eigenvalue weighted by Gasteiger charge is -2.42. The first-order valence-electron chi connectivity index (χ1n) is 8.78. The van der Waals surface area contributed by atoms with Crippen molar-refractivity contribution < 1.29 is 5.11 Å². The van der Waals surface area contributed by atoms with Gasteiger partial charge in [-0.25, -0.2) is 0 Å². The van der Waals surface area contributed by atoms with Crippen LogP contribution in [0.1, 0.15) is 37.8 Å². The van der Waals surface area contributed by atoms with Crippen LogP contribution in [0.4, 0.5) is 0 Å². The number of fused-ring (bicyclic) bond motifs is 1. The summed E-state index contributed by atoms with van der Waals surface area (Å²) in [5.74, 6) is 0. The highest BCUT2D eigenvalue weighted by Gasteiger charge is 2.44. The molecule has 1 spiro atoms. The Morgan fingerprint density at radius 3 is 2.96 bits per heavy atom. The van der Waals surface area contributed by atoms with Gasteiger partial charge in [-0.2, -0.15) is 0 Å². The van der Waals surface area contributed by atoms with Gasteiger partial charge in [-0.3, -0.25) is 9.69 Å². The number of aromatic nitrogens is 1. The topological polar surface area (TPSA) is 56.3 Å². The molecule has 1 aliphatic carbocycles. The van der Waals surface area contributed by atoms with Crippen LogP contribution in [0.15, 0.2) is 29.1 Å². The van der Waals surface area contributed by atoms with Crippen LogP contribution in [0.2, 0.25) is 5.02 Å². The van der Waals surface area contributed by atoms with E-state index in [1.54, 1.807) is 24.3 Å². The third-order valence-corrected chi connectivity index (χ3v) is 6.13. The van der Waals surface area contributed by atoms with Crippen LogP contribution in [-0.4, -0.2) is 34.2 Å². The number of aromatic amines is 1. The number of nitrogens with zero attached hydrogens (tertiary/aromatic N) is 1. The molecule has 2 fully saturated rings. The smallest absolute Gasteiger partial charge is 0.189 e. The van der Waals surface area contributed by atoms with Gasteiger partial charge in [-0.15, -0.1) is 0 Å². The zero-order chi connectivity index (χ0) is 16.7. The van der Waals surface area contributed by atoms with E-state index < -0.39 is 0 Å². The Labute approximate surface area is 146 Å². The van der Waals surface area contributed by atoms with Crippen LogP contribution in [0, 0.1) is 5.41 Å². The molecule has 0 radical (unpaired) electrons. The Morgan fingerprint density at radius 2 is 2.17 bits per heavy atom. The minimum atomic E-state index is -0.176. The first-order chi connectivity index (χ1) is 11.6. The highest BCUT2D eigenvalue weighted by Crippen LogP contribution is 2.45. The predicted octanol–water partition coefficient (Wildman–Crippen LogP) is 3.31. The van der Waals surface area contributed by atoms with Gasteiger partial charge in [0.15, 0.2) is 5.43 Å². The first kappa shape index (κ1) is 16.1. The van der Waals surface area contributed by atoms with Gasteiger partial charge in [-0.1, -0.05) is 24.1 Å². The van der Waals surface area contributed by atoms with Crippen LogP contribution in [0.25, 0.3) is 10.9 Å². The van der Waals surface area contributed by atoms with Crippen molar-refractivity contribution in [2.75, 3.05) is 13.1 Å². The Balaban J connectivity index is 1.60. The molecule has 24 heavy (non-hydrogen) atoms. The second-order valence-corrected chi connectivity index (χ2v) is 7.81. The molecule has 4 nitrogen and oxygen atoms in total. The zero-order valence-electron chi connectivity index (χ0n) is 13.7. The van der Waals surface area contributed by atoms with Crippen LogP contribution in [-0.2, 0) is 6.54 Å². The average Bonchev–Trinajstić information content (AvgIpc) is 2.89. The molecule has 2 N–H and O–H groups in total. The average molecular weight is 347 g/mol. The van der Waals surface area contributed by atoms with E-state index in [9.17, 15) is 9.90 Å². The van der Waals surface area contributed by atoms with Gasteiger partial charge in [0.05, 0.1) is 16.6 Å². The summed E-state index contributed by atoms with van der Waals surface area (Å²) in [6.45, 7) is 2.62. The lowest BCUT2D eigenvalue weighted by atomic mass is 9.76. The number of likely N-dealkylation sites (tertiary alicyclic amines) is 1. The van der Waals surface area contributed by atoms with Gasteiger partial charge in [0.25, 0.3) is 0 Å². The number of hydrogen-bond donors (Lipinski definition) is 2. The molecule has 1 saturated carbocycles. The third kappa shape index (κ3) is 2.77. The fraction of sp³-hybridized carbons (Fsp3) is 0.526. The van der Waals surface area contributed by atoms with Crippen LogP contribution >= 0.6 is 11.6 Å². The lowest BCUT2D eigenvalue weighted by Crippen LogP contribution is -2.46. The number of pyridine rings is 1. The summed E-state index contributed by atoms with van der Waals surface area (Å²) in [7, 11) is 0. The first-order valence-corrected chi connectivity index (χ1v) is 9.16. The van der Waals surface area contributed by atoms with Gasteiger partial charge in [0.1, 0.15) is 0 Å². The number of nitrogens with one attached hydrogen (secondary N) is 1. The fourth-order valence-electron chi connectivity index (χ4n) is 4.60. The molecule has 2 heterocycles. The van der Waals surface area contributed by atoms with E-state index in [0.717, 1.165) is 50.9 Å². The largest absolute Gasteiger partial charge is 0.393 e. The van der Waals surface area contributed by atoms with Crippen LogP contribution in [0.3, 0.4) is 0 Å². The van der Waals surface area contributed by atoms with Crippen molar-refractivity contribution in [3.8, 4) is 0 Å². The highest BCUT2D eigenvalue weighted by molar-refractivity contribution is 6.35. The summed E-state index contributed by atoms with van der Waals surface area (Å²) in [5, 5.41) is 11.6. The highest BCUT2D eigenvalue weighted by atomic mass is 35.5. The fourth-order valence-corrected chi connectivity index (χ4v) is 4.83. The molecule has 5 heteroatoms. The Kier molecular flexibility index (Phi) is 4.15. The molecule has 1 aliphatic heterocycles. The molecule has 2 aliphatic rings. The van der Waals surface area contributed by atoms with Crippen molar-refractivity contribution in [1.29, 1.82) is 0 Å². The quantitative estimate of drug-likeness (QED) is 0.877. The molecule has 1 aromatic heterocycles. The Hall–Kier alpha value is -1.36. The third-order valence-electron chi connectivity index (χ3n) is 5.81. The van der Waals surface area contributed by atoms with E-state index in [-0.39, 0.29) is 16.9 Å². The van der Waals surface area contributed by atoms with E-state index >= 15 is 0 Å². The van der Waals surface area contributed by atoms with Crippen LogP contribution < -0.4 is 5.43 Å². The number of hydrogen-bond acceptors (Lipinski definition) is 3. The molecule has 1 saturated heterocycles. The minimum Gasteiger partial charge on any atom is -0.393 e. The molecule has 2 aromatic rings. The van der Waals surface area contributed by atoms with E-state index in [0.29, 0.717) is 22.5 Å². The van der Waals surface area contributed by atoms with Gasteiger partial charge in [-0.05, 0) is 44.4 Å². The maximum Gasteiger partial charge on any atom is 0.189 e. The predicted molar refractivity (Wildman–Crippen MR) is 96.4 cm³/mol. The van der Waals surface area contributed by atoms with E-state index in [4.69, 9.17) is 11.6 Å². The summed E-state index contributed by atoms with van der Waals surface area (Å²) < 4.78 is 0. The second-order valence-electron chi connectivity index (χ2n) is 7.41. The molecular formula is C19H23ClN2O2. The van der Waals surface area contributed by atoms with E-state index in [2.05, 4.69) is 9.88 Å². The van der Waals surface area contributed by atoms with Crippen molar-refractivity contribution in [2.45, 2.75) is 44.8 Å². The summed E-state index contributed by atoms with van der Waals surface area (Å²) in [5.41, 5.74) is 1.68. The molecule has 4 rings (SSSR count). The summed E-state index contributed by atoms with van der Waals surface area (Å²) in [4.78, 5) is 18.1. The molecular weight excluding hydrogens is 324 g/mol. The van der Waals surface area contributed by atoms with E-state index in [1.165, 1.54) is 0 Å². The van der Waals surface area contributed by atoms with Crippen molar-refractivity contribution in [3.63, 3.8) is 0 Å². The van der Waals surface area contributed by atoms with E-state index in [1.807, 2.05) is 0 Å². The number of piperidine rings is 1. The summed E-state index contributed by atoms with van der Waals surface area (Å²) in [6, 6.07) is 7.09. The molecule has 1 aromatic carbocycles. The van der Waals surface area contributed by atoms with Gasteiger partial charge in [0, 0.05) is 35.7 Å². The SMILES string of the molecule is O=c1cc(CN2CCC[C@@]3(CCC[C@H]3O)C2)[nH]c2c(Cl)cccc12. The molecule has 2 atom stereocenters. The van der Waals surface area contributed by atoms with Gasteiger partial charge < -0.3 is 10.1 Å². The number of benzene rings is 1. The van der Waals surface area contributed by atoms with Crippen molar-refractivity contribution in [3.05, 3.63) is 45.2 Å². The Bertz CT molecular complexity index is 819. The summed E-state index contributed by atoms with van der Waals surface area (Å²) in [6.07, 6.45) is 5.21. The lowest BCUT2D eigenvalue weighted by molar-refractivity contribution is -0.0123. The molecule has 0 bridgehead atoms. The van der Waals surface area contributed by atoms with Crippen molar-refractivity contribution >= 4 is 22.5 Å². The second kappa shape index (κ2) is 6.17. The van der Waals surface area contributed by atoms with Crippen LogP contribution in [0.5, 0.6) is 0 Å². The maximum atomic E-state index is 12.4. The Morgan fingerprint density at radius 1 is 1.33 bits per heavy atom. The molecule has 0 amide bonds. The number of H-pyrrole nitrogens is 1. The number of rotatable bonds is 2. The van der Waals surface area contributed by atoms with Gasteiger partial charge >= 0.3 is 0 Å². The number of halogens is 1. The summed E-state index contributed by atoms with van der Waals surface area (Å²) >= 11 is 6.24. The number of aliphatic hydroxyl groups excluding tert-OH is 1. The van der Waals surface area contributed by atoms with Crippen molar-refractivity contribution in [1.82, 2.24) is 9.88 Å².